The maximum absolute atomic E-state index is 2.35. The lowest BCUT2D eigenvalue weighted by molar-refractivity contribution is 0.617. The van der Waals surface area contributed by atoms with Gasteiger partial charge in [0, 0.05) is 0 Å². The van der Waals surface area contributed by atoms with Crippen molar-refractivity contribution in [3.8, 4) is 0 Å². The molecule has 0 atom stereocenters. The fraction of sp³-hybridized carbons (Fsp3) is 0.429. The highest BCUT2D eigenvalue weighted by molar-refractivity contribution is 5.82. The average Bonchev–Trinajstić information content (AvgIpc) is 2.53. The Morgan fingerprint density at radius 1 is 0.762 bits per heavy atom. The second-order valence-electron chi connectivity index (χ2n) is 5.87. The minimum atomic E-state index is 1.17. The molecule has 0 amide bonds. The van der Waals surface area contributed by atoms with Crippen LogP contribution in [0.25, 0.3) is 10.8 Å². The summed E-state index contributed by atoms with van der Waals surface area (Å²) in [6, 6.07) is 15.5. The van der Waals surface area contributed by atoms with Crippen LogP contribution in [0.2, 0.25) is 0 Å². The summed E-state index contributed by atoms with van der Waals surface area (Å²) in [5, 5.41) is 2.72. The summed E-state index contributed by atoms with van der Waals surface area (Å²) in [5.74, 6) is 0. The van der Waals surface area contributed by atoms with Gasteiger partial charge in [-0.2, -0.15) is 0 Å². The van der Waals surface area contributed by atoms with Crippen molar-refractivity contribution >= 4 is 10.8 Å². The molecule has 0 aliphatic heterocycles. The van der Waals surface area contributed by atoms with Crippen molar-refractivity contribution in [2.24, 2.45) is 0 Å². The van der Waals surface area contributed by atoms with E-state index < -0.39 is 0 Å². The third-order valence-corrected chi connectivity index (χ3v) is 4.05. The van der Waals surface area contributed by atoms with E-state index in [4.69, 9.17) is 0 Å². The molecule has 112 valence electrons. The van der Waals surface area contributed by atoms with Crippen LogP contribution >= 0.6 is 0 Å². The smallest absolute Gasteiger partial charge is 0.0181 e. The van der Waals surface area contributed by atoms with E-state index in [2.05, 4.69) is 61.5 Å². The summed E-state index contributed by atoms with van der Waals surface area (Å²) in [4.78, 5) is 0. The summed E-state index contributed by atoms with van der Waals surface area (Å²) in [5.41, 5.74) is 1.49. The van der Waals surface area contributed by atoms with Gasteiger partial charge in [-0.05, 0) is 48.4 Å². The Hall–Kier alpha value is -1.56. The van der Waals surface area contributed by atoms with E-state index in [1.165, 1.54) is 67.7 Å². The molecule has 0 nitrogen and oxygen atoms in total. The Morgan fingerprint density at radius 2 is 1.52 bits per heavy atom. The first-order chi connectivity index (χ1) is 10.4. The van der Waals surface area contributed by atoms with Crippen LogP contribution in [0, 0.1) is 0 Å². The fourth-order valence-corrected chi connectivity index (χ4v) is 2.80. The van der Waals surface area contributed by atoms with Crippen molar-refractivity contribution in [2.45, 2.75) is 58.3 Å². The highest BCUT2D eigenvalue weighted by atomic mass is 14.0. The molecule has 0 unspecified atom stereocenters. The van der Waals surface area contributed by atoms with Gasteiger partial charge in [-0.3, -0.25) is 0 Å². The quantitative estimate of drug-likeness (QED) is 0.354. The summed E-state index contributed by atoms with van der Waals surface area (Å²) >= 11 is 0. The van der Waals surface area contributed by atoms with Crippen LogP contribution in [0.1, 0.15) is 57.4 Å². The number of aryl methyl sites for hydroxylation is 1. The van der Waals surface area contributed by atoms with Crippen molar-refractivity contribution in [1.29, 1.82) is 0 Å². The van der Waals surface area contributed by atoms with Crippen LogP contribution in [0.4, 0.5) is 0 Å². The minimum absolute atomic E-state index is 1.17. The van der Waals surface area contributed by atoms with Crippen LogP contribution < -0.4 is 0 Å². The zero-order valence-corrected chi connectivity index (χ0v) is 13.4. The zero-order chi connectivity index (χ0) is 14.8. The van der Waals surface area contributed by atoms with Crippen molar-refractivity contribution in [3.05, 3.63) is 60.2 Å². The van der Waals surface area contributed by atoms with Crippen molar-refractivity contribution < 1.29 is 0 Å². The Kier molecular flexibility index (Phi) is 7.07. The van der Waals surface area contributed by atoms with E-state index in [1.807, 2.05) is 0 Å². The van der Waals surface area contributed by atoms with Gasteiger partial charge < -0.3 is 0 Å². The molecule has 0 aliphatic rings. The molecular weight excluding hydrogens is 252 g/mol. The van der Waals surface area contributed by atoms with Crippen LogP contribution in [0.15, 0.2) is 54.6 Å². The first kappa shape index (κ1) is 15.8. The van der Waals surface area contributed by atoms with Gasteiger partial charge in [-0.25, -0.2) is 0 Å². The lowest BCUT2D eigenvalue weighted by atomic mass is 10.0. The fourth-order valence-electron chi connectivity index (χ4n) is 2.80. The lowest BCUT2D eigenvalue weighted by Gasteiger charge is -2.04. The number of fused-ring (bicyclic) bond motifs is 1. The average molecular weight is 280 g/mol. The predicted molar refractivity (Wildman–Crippen MR) is 94.8 cm³/mol. The number of benzene rings is 2. The molecule has 2 aromatic carbocycles. The van der Waals surface area contributed by atoms with Crippen LogP contribution in [0.5, 0.6) is 0 Å². The van der Waals surface area contributed by atoms with Gasteiger partial charge in [0.25, 0.3) is 0 Å². The van der Waals surface area contributed by atoms with E-state index in [1.54, 1.807) is 0 Å². The van der Waals surface area contributed by atoms with Gasteiger partial charge >= 0.3 is 0 Å². The van der Waals surface area contributed by atoms with Crippen molar-refractivity contribution in [2.75, 3.05) is 0 Å². The van der Waals surface area contributed by atoms with E-state index in [0.29, 0.717) is 0 Å². The summed E-state index contributed by atoms with van der Waals surface area (Å²) < 4.78 is 0. The van der Waals surface area contributed by atoms with Crippen LogP contribution in [-0.4, -0.2) is 0 Å². The molecule has 0 aromatic heterocycles. The Labute approximate surface area is 129 Å². The normalized spacial score (nSPS) is 11.5. The van der Waals surface area contributed by atoms with E-state index in [0.717, 1.165) is 0 Å². The first-order valence-corrected chi connectivity index (χ1v) is 8.53. The van der Waals surface area contributed by atoms with E-state index in [-0.39, 0.29) is 0 Å². The number of allylic oxidation sites excluding steroid dienone is 2. The van der Waals surface area contributed by atoms with Gasteiger partial charge in [-0.15, -0.1) is 0 Å². The topological polar surface area (TPSA) is 0 Å². The predicted octanol–water partition coefficient (Wildman–Crippen LogP) is 6.69. The third-order valence-electron chi connectivity index (χ3n) is 4.05. The van der Waals surface area contributed by atoms with Gasteiger partial charge in [0.1, 0.15) is 0 Å². The second-order valence-corrected chi connectivity index (χ2v) is 5.87. The summed E-state index contributed by atoms with van der Waals surface area (Å²) in [6.07, 6.45) is 15.1. The highest BCUT2D eigenvalue weighted by Crippen LogP contribution is 2.17. The molecule has 2 rings (SSSR count). The molecule has 2 aromatic rings. The molecular formula is C21H28. The maximum Gasteiger partial charge on any atom is -0.0181 e. The SMILES string of the molecule is CC/C=C/CCCCCCCc1ccc2ccccc2c1. The lowest BCUT2D eigenvalue weighted by Crippen LogP contribution is -1.86. The summed E-state index contributed by atoms with van der Waals surface area (Å²) in [7, 11) is 0. The van der Waals surface area contributed by atoms with E-state index in [9.17, 15) is 0 Å². The Morgan fingerprint density at radius 3 is 2.38 bits per heavy atom. The van der Waals surface area contributed by atoms with Crippen molar-refractivity contribution in [3.63, 3.8) is 0 Å². The maximum atomic E-state index is 2.35. The molecule has 0 N–H and O–H groups in total. The van der Waals surface area contributed by atoms with Gasteiger partial charge in [0.15, 0.2) is 0 Å². The second kappa shape index (κ2) is 9.39. The molecule has 0 spiro atoms. The number of unbranched alkanes of at least 4 members (excludes halogenated alkanes) is 5. The Balaban J connectivity index is 1.62. The van der Waals surface area contributed by atoms with Crippen LogP contribution in [-0.2, 0) is 6.42 Å². The molecule has 0 heteroatoms. The third kappa shape index (κ3) is 5.75. The highest BCUT2D eigenvalue weighted by Gasteiger charge is 1.97. The van der Waals surface area contributed by atoms with Gasteiger partial charge in [-0.1, -0.05) is 80.8 Å². The molecule has 0 aliphatic carbocycles. The van der Waals surface area contributed by atoms with Gasteiger partial charge in [0.05, 0.1) is 0 Å². The minimum Gasteiger partial charge on any atom is -0.0888 e. The Bertz CT molecular complexity index is 551. The molecule has 21 heavy (non-hydrogen) atoms. The summed E-state index contributed by atoms with van der Waals surface area (Å²) in [6.45, 7) is 2.20. The molecule has 0 bridgehead atoms. The van der Waals surface area contributed by atoms with E-state index >= 15 is 0 Å². The molecule has 0 fully saturated rings. The van der Waals surface area contributed by atoms with Crippen LogP contribution in [0.3, 0.4) is 0 Å². The zero-order valence-electron chi connectivity index (χ0n) is 13.4. The largest absolute Gasteiger partial charge is 0.0888 e. The number of rotatable bonds is 9. The molecule has 0 saturated carbocycles. The molecule has 0 radical (unpaired) electrons. The number of hydrogen-bond donors (Lipinski definition) is 0. The number of hydrogen-bond acceptors (Lipinski definition) is 0. The van der Waals surface area contributed by atoms with Gasteiger partial charge in [0.2, 0.25) is 0 Å². The standard InChI is InChI=1S/C21H28/c1-2-3-4-5-6-7-8-9-10-13-19-16-17-20-14-11-12-15-21(20)18-19/h3-4,11-12,14-18H,2,5-10,13H2,1H3/b4-3+. The molecule has 0 heterocycles. The monoisotopic (exact) mass is 280 g/mol. The van der Waals surface area contributed by atoms with Crippen molar-refractivity contribution in [1.82, 2.24) is 0 Å². The first-order valence-electron chi connectivity index (χ1n) is 8.53. The molecule has 0 saturated heterocycles.